The summed E-state index contributed by atoms with van der Waals surface area (Å²) in [6.45, 7) is 0. The Bertz CT molecular complexity index is 1040. The van der Waals surface area contributed by atoms with E-state index in [0.29, 0.717) is 27.8 Å². The van der Waals surface area contributed by atoms with Crippen molar-refractivity contribution in [1.29, 1.82) is 0 Å². The first-order valence-electron chi connectivity index (χ1n) is 7.65. The summed E-state index contributed by atoms with van der Waals surface area (Å²) in [5, 5.41) is 5.47. The Morgan fingerprint density at radius 3 is 2.48 bits per heavy atom. The molecule has 1 heterocycles. The van der Waals surface area contributed by atoms with Crippen LogP contribution in [0.5, 0.6) is 5.75 Å². The van der Waals surface area contributed by atoms with E-state index in [4.69, 9.17) is 9.47 Å². The number of esters is 1. The molecule has 0 radical (unpaired) electrons. The topological polar surface area (TPSA) is 76.7 Å². The van der Waals surface area contributed by atoms with Crippen LogP contribution in [0.15, 0.2) is 36.4 Å². The first-order valence-corrected chi connectivity index (χ1v) is 8.46. The summed E-state index contributed by atoms with van der Waals surface area (Å²) in [7, 11) is 2.70. The predicted molar refractivity (Wildman–Crippen MR) is 98.7 cm³/mol. The molecule has 3 aromatic rings. The van der Waals surface area contributed by atoms with Crippen LogP contribution in [0.1, 0.15) is 9.67 Å². The van der Waals surface area contributed by atoms with Crippen LogP contribution in [0, 0.1) is 11.6 Å². The fourth-order valence-electron chi connectivity index (χ4n) is 2.46. The molecular weight excluding hydrogens is 378 g/mol. The number of hydrogen-bond donors (Lipinski definition) is 2. The first kappa shape index (κ1) is 18.6. The number of rotatable bonds is 4. The zero-order chi connectivity index (χ0) is 19.6. The lowest BCUT2D eigenvalue weighted by molar-refractivity contribution is 0.0603. The quantitative estimate of drug-likeness (QED) is 0.636. The molecule has 3 rings (SSSR count). The highest BCUT2D eigenvalue weighted by Gasteiger charge is 2.20. The molecule has 0 unspecified atom stereocenters. The van der Waals surface area contributed by atoms with Crippen molar-refractivity contribution >= 4 is 44.8 Å². The van der Waals surface area contributed by atoms with Crippen LogP contribution < -0.4 is 15.4 Å². The van der Waals surface area contributed by atoms with Crippen molar-refractivity contribution in [3.63, 3.8) is 0 Å². The van der Waals surface area contributed by atoms with Gasteiger partial charge in [0.15, 0.2) is 10.6 Å². The summed E-state index contributed by atoms with van der Waals surface area (Å²) in [5.74, 6) is -1.81. The highest BCUT2D eigenvalue weighted by Crippen LogP contribution is 2.39. The van der Waals surface area contributed by atoms with E-state index >= 15 is 0 Å². The molecule has 0 aliphatic carbocycles. The van der Waals surface area contributed by atoms with E-state index in [9.17, 15) is 18.4 Å². The largest absolute Gasteiger partial charge is 0.494 e. The molecule has 0 aliphatic heterocycles. The summed E-state index contributed by atoms with van der Waals surface area (Å²) in [6.07, 6.45) is 0. The van der Waals surface area contributed by atoms with Gasteiger partial charge in [-0.15, -0.1) is 11.3 Å². The van der Waals surface area contributed by atoms with Gasteiger partial charge in [-0.1, -0.05) is 0 Å². The third-order valence-corrected chi connectivity index (χ3v) is 4.79. The highest BCUT2D eigenvalue weighted by molar-refractivity contribution is 7.21. The van der Waals surface area contributed by atoms with Crippen LogP contribution in [0.4, 0.5) is 25.0 Å². The van der Waals surface area contributed by atoms with Crippen LogP contribution >= 0.6 is 11.3 Å². The number of thiophene rings is 1. The summed E-state index contributed by atoms with van der Waals surface area (Å²) < 4.78 is 37.4. The van der Waals surface area contributed by atoms with E-state index in [1.807, 2.05) is 0 Å². The molecule has 0 spiro atoms. The van der Waals surface area contributed by atoms with Crippen molar-refractivity contribution in [2.45, 2.75) is 0 Å². The van der Waals surface area contributed by atoms with Crippen LogP contribution in [0.2, 0.25) is 0 Å². The third-order valence-electron chi connectivity index (χ3n) is 3.65. The molecule has 0 atom stereocenters. The van der Waals surface area contributed by atoms with Crippen LogP contribution in [-0.2, 0) is 4.74 Å². The Kier molecular flexibility index (Phi) is 5.22. The van der Waals surface area contributed by atoms with E-state index in [0.717, 1.165) is 16.8 Å². The minimum absolute atomic E-state index is 0.156. The number of nitrogens with one attached hydrogen (secondary N) is 2. The maximum absolute atomic E-state index is 13.6. The maximum atomic E-state index is 13.6. The Hall–Kier alpha value is -3.20. The summed E-state index contributed by atoms with van der Waals surface area (Å²) in [4.78, 5) is 24.2. The molecule has 0 bridgehead atoms. The number of carbonyl (C=O) groups excluding carboxylic acids is 2. The predicted octanol–water partition coefficient (Wildman–Crippen LogP) is 4.62. The molecular formula is C18H14F2N2O4S. The molecule has 0 aliphatic rings. The first-order chi connectivity index (χ1) is 12.9. The number of ether oxygens (including phenoxy) is 2. The smallest absolute Gasteiger partial charge is 0.351 e. The number of urea groups is 1. The average Bonchev–Trinajstić information content (AvgIpc) is 3.01. The standard InChI is InChI=1S/C18H14F2N2O4S/c1-25-15-11-8-10(4-6-14(11)27-16(15)17(23)26-2)21-18(24)22-13-5-3-9(19)7-12(13)20/h3-8H,1-2H3,(H2,21,22,24). The molecule has 140 valence electrons. The highest BCUT2D eigenvalue weighted by atomic mass is 32.1. The molecule has 9 heteroatoms. The number of fused-ring (bicyclic) bond motifs is 1. The number of methoxy groups -OCH3 is 2. The molecule has 0 fully saturated rings. The van der Waals surface area contributed by atoms with Gasteiger partial charge in [0.1, 0.15) is 11.6 Å². The Labute approximate surface area is 156 Å². The van der Waals surface area contributed by atoms with Crippen LogP contribution in [0.25, 0.3) is 10.1 Å². The second-order valence-electron chi connectivity index (χ2n) is 5.37. The van der Waals surface area contributed by atoms with Gasteiger partial charge in [-0.3, -0.25) is 0 Å². The summed E-state index contributed by atoms with van der Waals surface area (Å²) >= 11 is 1.20. The van der Waals surface area contributed by atoms with Crippen LogP contribution in [0.3, 0.4) is 0 Å². The minimum atomic E-state index is -0.886. The molecule has 2 aromatic carbocycles. The van der Waals surface area contributed by atoms with Crippen molar-refractivity contribution in [3.05, 3.63) is 52.9 Å². The number of amides is 2. The maximum Gasteiger partial charge on any atom is 0.351 e. The fraction of sp³-hybridized carbons (Fsp3) is 0.111. The Morgan fingerprint density at radius 1 is 1.04 bits per heavy atom. The lowest BCUT2D eigenvalue weighted by atomic mass is 10.2. The zero-order valence-electron chi connectivity index (χ0n) is 14.3. The van der Waals surface area contributed by atoms with Crippen molar-refractivity contribution < 1.29 is 27.8 Å². The van der Waals surface area contributed by atoms with Gasteiger partial charge < -0.3 is 20.1 Å². The van der Waals surface area contributed by atoms with Gasteiger partial charge >= 0.3 is 12.0 Å². The summed E-state index contributed by atoms with van der Waals surface area (Å²) in [5.41, 5.74) is 0.242. The van der Waals surface area contributed by atoms with Crippen molar-refractivity contribution in [3.8, 4) is 5.75 Å². The molecule has 2 amide bonds. The SMILES string of the molecule is COC(=O)c1sc2ccc(NC(=O)Nc3ccc(F)cc3F)cc2c1OC. The average molecular weight is 392 g/mol. The van der Waals surface area contributed by atoms with Gasteiger partial charge in [0.2, 0.25) is 0 Å². The van der Waals surface area contributed by atoms with Gasteiger partial charge in [0, 0.05) is 21.8 Å². The lowest BCUT2D eigenvalue weighted by Crippen LogP contribution is -2.20. The Balaban J connectivity index is 1.84. The number of carbonyl (C=O) groups is 2. The zero-order valence-corrected chi connectivity index (χ0v) is 15.1. The van der Waals surface area contributed by atoms with Gasteiger partial charge in [0.25, 0.3) is 0 Å². The molecule has 0 saturated heterocycles. The minimum Gasteiger partial charge on any atom is -0.494 e. The van der Waals surface area contributed by atoms with E-state index in [2.05, 4.69) is 10.6 Å². The van der Waals surface area contributed by atoms with Gasteiger partial charge in [-0.2, -0.15) is 0 Å². The number of hydrogen-bond acceptors (Lipinski definition) is 5. The molecule has 2 N–H and O–H groups in total. The van der Waals surface area contributed by atoms with E-state index in [1.165, 1.54) is 25.6 Å². The molecule has 1 aromatic heterocycles. The van der Waals surface area contributed by atoms with E-state index in [1.54, 1.807) is 18.2 Å². The molecule has 0 saturated carbocycles. The number of halogens is 2. The second-order valence-corrected chi connectivity index (χ2v) is 6.42. The van der Waals surface area contributed by atoms with Crippen molar-refractivity contribution in [1.82, 2.24) is 0 Å². The molecule has 6 nitrogen and oxygen atoms in total. The van der Waals surface area contributed by atoms with Gasteiger partial charge in [0.05, 0.1) is 19.9 Å². The summed E-state index contributed by atoms with van der Waals surface area (Å²) in [6, 6.07) is 7.09. The number of benzene rings is 2. The van der Waals surface area contributed by atoms with Crippen molar-refractivity contribution in [2.75, 3.05) is 24.9 Å². The van der Waals surface area contributed by atoms with E-state index < -0.39 is 23.6 Å². The molecule has 27 heavy (non-hydrogen) atoms. The van der Waals surface area contributed by atoms with Crippen molar-refractivity contribution in [2.24, 2.45) is 0 Å². The normalized spacial score (nSPS) is 10.5. The van der Waals surface area contributed by atoms with Gasteiger partial charge in [-0.05, 0) is 30.3 Å². The van der Waals surface area contributed by atoms with E-state index in [-0.39, 0.29) is 5.69 Å². The van der Waals surface area contributed by atoms with Gasteiger partial charge in [-0.25, -0.2) is 18.4 Å². The number of anilines is 2. The fourth-order valence-corrected chi connectivity index (χ4v) is 3.53. The Morgan fingerprint density at radius 2 is 1.81 bits per heavy atom. The van der Waals surface area contributed by atoms with Crippen LogP contribution in [-0.4, -0.2) is 26.2 Å². The third kappa shape index (κ3) is 3.82. The monoisotopic (exact) mass is 392 g/mol. The second kappa shape index (κ2) is 7.58. The lowest BCUT2D eigenvalue weighted by Gasteiger charge is -2.09.